The van der Waals surface area contributed by atoms with Crippen molar-refractivity contribution in [3.8, 4) is 11.1 Å². The minimum atomic E-state index is 0.144. The zero-order valence-electron chi connectivity index (χ0n) is 11.7. The summed E-state index contributed by atoms with van der Waals surface area (Å²) in [6, 6.07) is 18.0. The van der Waals surface area contributed by atoms with Crippen molar-refractivity contribution in [2.24, 2.45) is 0 Å². The summed E-state index contributed by atoms with van der Waals surface area (Å²) in [6.07, 6.45) is 0. The number of hydrogen-bond acceptors (Lipinski definition) is 5. The molecule has 0 aliphatic carbocycles. The van der Waals surface area contributed by atoms with E-state index in [1.54, 1.807) is 0 Å². The van der Waals surface area contributed by atoms with E-state index in [2.05, 4.69) is 20.3 Å². The first-order valence-electron chi connectivity index (χ1n) is 6.74. The fourth-order valence-electron chi connectivity index (χ4n) is 2.14. The Morgan fingerprint density at radius 1 is 0.909 bits per heavy atom. The second kappa shape index (κ2) is 6.41. The average Bonchev–Trinajstić information content (AvgIpc) is 2.55. The van der Waals surface area contributed by atoms with Gasteiger partial charge in [0.05, 0.1) is 5.88 Å². The molecular weight excluding hydrogens is 298 g/mol. The number of aromatic nitrogens is 3. The topological polar surface area (TPSA) is 76.7 Å². The largest absolute Gasteiger partial charge is 0.368 e. The molecule has 0 spiro atoms. The lowest BCUT2D eigenvalue weighted by molar-refractivity contribution is 0.979. The highest BCUT2D eigenvalue weighted by Gasteiger charge is 2.08. The van der Waals surface area contributed by atoms with E-state index < -0.39 is 0 Å². The fourth-order valence-corrected chi connectivity index (χ4v) is 2.26. The van der Waals surface area contributed by atoms with Crippen LogP contribution in [-0.2, 0) is 5.88 Å². The summed E-state index contributed by atoms with van der Waals surface area (Å²) >= 11 is 5.76. The summed E-state index contributed by atoms with van der Waals surface area (Å²) in [6.45, 7) is 0. The van der Waals surface area contributed by atoms with Crippen molar-refractivity contribution in [3.05, 3.63) is 60.4 Å². The van der Waals surface area contributed by atoms with Crippen molar-refractivity contribution >= 4 is 29.2 Å². The zero-order valence-corrected chi connectivity index (χ0v) is 12.5. The van der Waals surface area contributed by atoms with Crippen molar-refractivity contribution in [2.75, 3.05) is 11.1 Å². The molecule has 22 heavy (non-hydrogen) atoms. The summed E-state index contributed by atoms with van der Waals surface area (Å²) in [5.41, 5.74) is 8.72. The van der Waals surface area contributed by atoms with Gasteiger partial charge >= 0.3 is 0 Å². The third-order valence-corrected chi connectivity index (χ3v) is 3.32. The summed E-state index contributed by atoms with van der Waals surface area (Å²) in [5.74, 6) is 1.15. The van der Waals surface area contributed by atoms with Gasteiger partial charge in [0.25, 0.3) is 0 Å². The Bertz CT molecular complexity index is 776. The summed E-state index contributed by atoms with van der Waals surface area (Å²) < 4.78 is 0. The number of para-hydroxylation sites is 1. The number of nitrogens with two attached hydrogens (primary N) is 1. The van der Waals surface area contributed by atoms with Crippen LogP contribution in [0.4, 0.5) is 17.6 Å². The molecule has 0 aliphatic heterocycles. The molecule has 0 unspecified atom stereocenters. The van der Waals surface area contributed by atoms with Crippen LogP contribution >= 0.6 is 11.6 Å². The van der Waals surface area contributed by atoms with Crippen LogP contribution in [0.5, 0.6) is 0 Å². The predicted octanol–water partition coefficient (Wildman–Crippen LogP) is 3.60. The molecule has 1 heterocycles. The predicted molar refractivity (Wildman–Crippen MR) is 89.0 cm³/mol. The molecule has 6 heteroatoms. The lowest BCUT2D eigenvalue weighted by Gasteiger charge is -2.11. The zero-order chi connectivity index (χ0) is 15.4. The van der Waals surface area contributed by atoms with E-state index in [1.165, 1.54) is 0 Å². The second-order valence-corrected chi connectivity index (χ2v) is 4.87. The van der Waals surface area contributed by atoms with Crippen LogP contribution in [0.15, 0.2) is 54.6 Å². The Labute approximate surface area is 133 Å². The Hall–Kier alpha value is -2.66. The number of nitrogens with zero attached hydrogens (tertiary/aromatic N) is 3. The number of halogens is 1. The molecule has 2 aromatic carbocycles. The maximum absolute atomic E-state index is 5.76. The number of hydrogen-bond donors (Lipinski definition) is 2. The molecule has 3 aromatic rings. The van der Waals surface area contributed by atoms with Gasteiger partial charge in [0.1, 0.15) is 0 Å². The Kier molecular flexibility index (Phi) is 4.16. The molecule has 3 N–H and O–H groups in total. The standard InChI is InChI=1S/C16H14ClN5/c17-10-14-20-15(18)22-16(21-14)19-13-9-5-4-8-12(13)11-6-2-1-3-7-11/h1-9H,10H2,(H3,18,19,20,21,22). The Morgan fingerprint density at radius 2 is 1.64 bits per heavy atom. The van der Waals surface area contributed by atoms with Crippen LogP contribution in [0.3, 0.4) is 0 Å². The van der Waals surface area contributed by atoms with Crippen LogP contribution in [0, 0.1) is 0 Å². The number of rotatable bonds is 4. The quantitative estimate of drug-likeness (QED) is 0.720. The minimum absolute atomic E-state index is 0.144. The number of benzene rings is 2. The van der Waals surface area contributed by atoms with Crippen molar-refractivity contribution in [1.29, 1.82) is 0 Å². The van der Waals surface area contributed by atoms with Crippen molar-refractivity contribution < 1.29 is 0 Å². The van der Waals surface area contributed by atoms with E-state index in [1.807, 2.05) is 54.6 Å². The molecule has 0 saturated carbocycles. The van der Waals surface area contributed by atoms with Crippen LogP contribution < -0.4 is 11.1 Å². The first-order valence-corrected chi connectivity index (χ1v) is 7.27. The summed E-state index contributed by atoms with van der Waals surface area (Å²) in [4.78, 5) is 12.3. The van der Waals surface area contributed by atoms with E-state index in [4.69, 9.17) is 17.3 Å². The van der Waals surface area contributed by atoms with Gasteiger partial charge in [0.15, 0.2) is 5.82 Å². The maximum atomic E-state index is 5.76. The first kappa shape index (κ1) is 14.3. The lowest BCUT2D eigenvalue weighted by atomic mass is 10.0. The number of anilines is 3. The highest BCUT2D eigenvalue weighted by Crippen LogP contribution is 2.29. The van der Waals surface area contributed by atoms with Crippen molar-refractivity contribution in [3.63, 3.8) is 0 Å². The molecule has 0 fully saturated rings. The SMILES string of the molecule is Nc1nc(CCl)nc(Nc2ccccc2-c2ccccc2)n1. The molecule has 1 aromatic heterocycles. The van der Waals surface area contributed by atoms with Crippen LogP contribution in [0.25, 0.3) is 11.1 Å². The van der Waals surface area contributed by atoms with E-state index in [0.29, 0.717) is 11.8 Å². The van der Waals surface area contributed by atoms with E-state index in [-0.39, 0.29) is 11.8 Å². The molecular formula is C16H14ClN5. The number of nitrogens with one attached hydrogen (secondary N) is 1. The summed E-state index contributed by atoms with van der Waals surface area (Å²) in [5, 5.41) is 3.19. The third kappa shape index (κ3) is 3.15. The minimum Gasteiger partial charge on any atom is -0.368 e. The third-order valence-electron chi connectivity index (χ3n) is 3.08. The second-order valence-electron chi connectivity index (χ2n) is 4.60. The van der Waals surface area contributed by atoms with Crippen LogP contribution in [-0.4, -0.2) is 15.0 Å². The number of alkyl halides is 1. The van der Waals surface area contributed by atoms with E-state index >= 15 is 0 Å². The molecule has 0 bridgehead atoms. The van der Waals surface area contributed by atoms with Gasteiger partial charge in [-0.1, -0.05) is 48.5 Å². The van der Waals surface area contributed by atoms with Gasteiger partial charge in [0.2, 0.25) is 11.9 Å². The summed E-state index contributed by atoms with van der Waals surface area (Å²) in [7, 11) is 0. The highest BCUT2D eigenvalue weighted by atomic mass is 35.5. The average molecular weight is 312 g/mol. The maximum Gasteiger partial charge on any atom is 0.232 e. The molecule has 0 atom stereocenters. The Morgan fingerprint density at radius 3 is 2.41 bits per heavy atom. The first-order chi connectivity index (χ1) is 10.8. The monoisotopic (exact) mass is 311 g/mol. The van der Waals surface area contributed by atoms with Crippen LogP contribution in [0.1, 0.15) is 5.82 Å². The lowest BCUT2D eigenvalue weighted by Crippen LogP contribution is -2.06. The van der Waals surface area contributed by atoms with Gasteiger partial charge in [-0.05, 0) is 11.6 Å². The molecule has 3 rings (SSSR count). The van der Waals surface area contributed by atoms with E-state index in [0.717, 1.165) is 16.8 Å². The van der Waals surface area contributed by atoms with Crippen molar-refractivity contribution in [2.45, 2.75) is 5.88 Å². The van der Waals surface area contributed by atoms with E-state index in [9.17, 15) is 0 Å². The van der Waals surface area contributed by atoms with Gasteiger partial charge < -0.3 is 11.1 Å². The molecule has 5 nitrogen and oxygen atoms in total. The van der Waals surface area contributed by atoms with Gasteiger partial charge in [-0.3, -0.25) is 0 Å². The molecule has 0 radical (unpaired) electrons. The van der Waals surface area contributed by atoms with Gasteiger partial charge in [-0.15, -0.1) is 11.6 Å². The van der Waals surface area contributed by atoms with Crippen LogP contribution in [0.2, 0.25) is 0 Å². The van der Waals surface area contributed by atoms with Gasteiger partial charge in [0, 0.05) is 11.3 Å². The van der Waals surface area contributed by atoms with Gasteiger partial charge in [-0.25, -0.2) is 0 Å². The fraction of sp³-hybridized carbons (Fsp3) is 0.0625. The molecule has 110 valence electrons. The molecule has 0 saturated heterocycles. The molecule has 0 aliphatic rings. The number of nitrogen functional groups attached to an aromatic ring is 1. The Balaban J connectivity index is 1.98. The molecule has 0 amide bonds. The smallest absolute Gasteiger partial charge is 0.232 e. The van der Waals surface area contributed by atoms with Gasteiger partial charge in [-0.2, -0.15) is 15.0 Å². The van der Waals surface area contributed by atoms with Crippen molar-refractivity contribution in [1.82, 2.24) is 15.0 Å². The normalized spacial score (nSPS) is 10.4. The highest BCUT2D eigenvalue weighted by molar-refractivity contribution is 6.16.